The number of halogens is 2. The van der Waals surface area contributed by atoms with E-state index in [4.69, 9.17) is 23.2 Å². The molecule has 3 rings (SSSR count). The summed E-state index contributed by atoms with van der Waals surface area (Å²) in [6.07, 6.45) is 2.02. The lowest BCUT2D eigenvalue weighted by Crippen LogP contribution is -2.29. The van der Waals surface area contributed by atoms with E-state index in [-0.39, 0.29) is 18.4 Å². The lowest BCUT2D eigenvalue weighted by Gasteiger charge is -2.18. The molecule has 2 aromatic carbocycles. The number of benzene rings is 2. The first kappa shape index (κ1) is 18.5. The fourth-order valence-corrected chi connectivity index (χ4v) is 3.25. The van der Waals surface area contributed by atoms with Crippen LogP contribution in [0.15, 0.2) is 42.5 Å². The van der Waals surface area contributed by atoms with Crippen LogP contribution in [0.25, 0.3) is 0 Å². The highest BCUT2D eigenvalue weighted by atomic mass is 35.5. The van der Waals surface area contributed by atoms with Crippen LogP contribution in [0.3, 0.4) is 0 Å². The second-order valence-corrected chi connectivity index (χ2v) is 6.97. The third-order valence-corrected chi connectivity index (χ3v) is 4.62. The second kappa shape index (κ2) is 8.43. The molecule has 1 aliphatic heterocycles. The minimum Gasteiger partial charge on any atom is -0.375 e. The quantitative estimate of drug-likeness (QED) is 0.799. The SMILES string of the molecule is O=C(CNc1ccc(Cl)cc1C(=O)N1CCCC1)Nc1cccc(Cl)c1. The number of likely N-dealkylation sites (tertiary alicyclic amines) is 1. The number of nitrogens with zero attached hydrogens (tertiary/aromatic N) is 1. The third kappa shape index (κ3) is 4.68. The minimum atomic E-state index is -0.234. The molecule has 0 bridgehead atoms. The number of rotatable bonds is 5. The highest BCUT2D eigenvalue weighted by Gasteiger charge is 2.22. The molecule has 2 amide bonds. The molecule has 2 N–H and O–H groups in total. The zero-order valence-electron chi connectivity index (χ0n) is 14.1. The molecule has 7 heteroatoms. The Labute approximate surface area is 162 Å². The zero-order valence-corrected chi connectivity index (χ0v) is 15.6. The first-order valence-electron chi connectivity index (χ1n) is 8.41. The second-order valence-electron chi connectivity index (χ2n) is 6.10. The van der Waals surface area contributed by atoms with Crippen molar-refractivity contribution in [3.8, 4) is 0 Å². The van der Waals surface area contributed by atoms with Crippen LogP contribution in [0.2, 0.25) is 10.0 Å². The van der Waals surface area contributed by atoms with Gasteiger partial charge in [-0.25, -0.2) is 0 Å². The van der Waals surface area contributed by atoms with Crippen LogP contribution in [0.4, 0.5) is 11.4 Å². The minimum absolute atomic E-state index is 0.0222. The van der Waals surface area contributed by atoms with Crippen LogP contribution in [-0.2, 0) is 4.79 Å². The lowest BCUT2D eigenvalue weighted by molar-refractivity contribution is -0.114. The van der Waals surface area contributed by atoms with Crippen molar-refractivity contribution >= 4 is 46.4 Å². The van der Waals surface area contributed by atoms with Gasteiger partial charge in [-0.2, -0.15) is 0 Å². The van der Waals surface area contributed by atoms with Gasteiger partial charge in [0, 0.05) is 34.5 Å². The lowest BCUT2D eigenvalue weighted by atomic mass is 10.1. The Morgan fingerprint density at radius 3 is 2.46 bits per heavy atom. The average Bonchev–Trinajstić information content (AvgIpc) is 3.14. The molecule has 1 fully saturated rings. The summed E-state index contributed by atoms with van der Waals surface area (Å²) in [5, 5.41) is 6.82. The molecule has 0 saturated carbocycles. The summed E-state index contributed by atoms with van der Waals surface area (Å²) in [4.78, 5) is 26.7. The van der Waals surface area contributed by atoms with Gasteiger partial charge in [-0.15, -0.1) is 0 Å². The maximum absolute atomic E-state index is 12.7. The van der Waals surface area contributed by atoms with Crippen molar-refractivity contribution in [2.24, 2.45) is 0 Å². The van der Waals surface area contributed by atoms with Crippen LogP contribution in [0, 0.1) is 0 Å². The molecule has 1 aliphatic rings. The summed E-state index contributed by atoms with van der Waals surface area (Å²) in [5.74, 6) is -0.301. The van der Waals surface area contributed by atoms with Gasteiger partial charge < -0.3 is 15.5 Å². The van der Waals surface area contributed by atoms with E-state index in [1.807, 2.05) is 4.90 Å². The third-order valence-electron chi connectivity index (χ3n) is 4.15. The van der Waals surface area contributed by atoms with Crippen molar-refractivity contribution in [1.29, 1.82) is 0 Å². The summed E-state index contributed by atoms with van der Waals surface area (Å²) in [7, 11) is 0. The summed E-state index contributed by atoms with van der Waals surface area (Å²) in [6.45, 7) is 1.52. The Hall–Kier alpha value is -2.24. The van der Waals surface area contributed by atoms with E-state index < -0.39 is 0 Å². The van der Waals surface area contributed by atoms with Crippen LogP contribution in [0.5, 0.6) is 0 Å². The molecule has 0 spiro atoms. The van der Waals surface area contributed by atoms with Crippen LogP contribution < -0.4 is 10.6 Å². The van der Waals surface area contributed by atoms with Gasteiger partial charge >= 0.3 is 0 Å². The predicted molar refractivity (Wildman–Crippen MR) is 105 cm³/mol. The van der Waals surface area contributed by atoms with Gasteiger partial charge in [-0.05, 0) is 49.2 Å². The Balaban J connectivity index is 1.67. The summed E-state index contributed by atoms with van der Waals surface area (Å²) < 4.78 is 0. The standard InChI is InChI=1S/C19H19Cl2N3O2/c20-13-4-3-5-15(10-13)23-18(25)12-22-17-7-6-14(21)11-16(17)19(26)24-8-1-2-9-24/h3-7,10-11,22H,1-2,8-9,12H2,(H,23,25). The highest BCUT2D eigenvalue weighted by molar-refractivity contribution is 6.31. The maximum Gasteiger partial charge on any atom is 0.256 e. The topological polar surface area (TPSA) is 61.4 Å². The first-order chi connectivity index (χ1) is 12.5. The average molecular weight is 392 g/mol. The van der Waals surface area contributed by atoms with E-state index >= 15 is 0 Å². The van der Waals surface area contributed by atoms with Crippen LogP contribution >= 0.6 is 23.2 Å². The molecule has 0 radical (unpaired) electrons. The molecule has 1 saturated heterocycles. The van der Waals surface area contributed by atoms with E-state index in [9.17, 15) is 9.59 Å². The number of hydrogen-bond acceptors (Lipinski definition) is 3. The first-order valence-corrected chi connectivity index (χ1v) is 9.16. The number of carbonyl (C=O) groups excluding carboxylic acids is 2. The molecule has 0 atom stereocenters. The van der Waals surface area contributed by atoms with E-state index in [1.165, 1.54) is 0 Å². The van der Waals surface area contributed by atoms with Gasteiger partial charge in [0.15, 0.2) is 0 Å². The predicted octanol–water partition coefficient (Wildman–Crippen LogP) is 4.28. The van der Waals surface area contributed by atoms with Crippen molar-refractivity contribution in [2.75, 3.05) is 30.3 Å². The number of amides is 2. The highest BCUT2D eigenvalue weighted by Crippen LogP contribution is 2.24. The van der Waals surface area contributed by atoms with Crippen molar-refractivity contribution in [3.05, 3.63) is 58.1 Å². The largest absolute Gasteiger partial charge is 0.375 e. The van der Waals surface area contributed by atoms with Gasteiger partial charge in [-0.3, -0.25) is 9.59 Å². The van der Waals surface area contributed by atoms with E-state index in [2.05, 4.69) is 10.6 Å². The number of hydrogen-bond donors (Lipinski definition) is 2. The smallest absolute Gasteiger partial charge is 0.256 e. The molecule has 0 aromatic heterocycles. The monoisotopic (exact) mass is 391 g/mol. The molecular weight excluding hydrogens is 373 g/mol. The molecule has 26 heavy (non-hydrogen) atoms. The molecule has 1 heterocycles. The molecule has 2 aromatic rings. The molecule has 136 valence electrons. The zero-order chi connectivity index (χ0) is 18.5. The number of nitrogens with one attached hydrogen (secondary N) is 2. The molecular formula is C19H19Cl2N3O2. The van der Waals surface area contributed by atoms with Gasteiger partial charge in [0.05, 0.1) is 12.1 Å². The Kier molecular flexibility index (Phi) is 6.01. The van der Waals surface area contributed by atoms with Gasteiger partial charge in [0.1, 0.15) is 0 Å². The van der Waals surface area contributed by atoms with Crippen molar-refractivity contribution < 1.29 is 9.59 Å². The van der Waals surface area contributed by atoms with Crippen LogP contribution in [0.1, 0.15) is 23.2 Å². The van der Waals surface area contributed by atoms with Crippen molar-refractivity contribution in [2.45, 2.75) is 12.8 Å². The van der Waals surface area contributed by atoms with E-state index in [0.29, 0.717) is 27.0 Å². The van der Waals surface area contributed by atoms with Crippen LogP contribution in [-0.4, -0.2) is 36.3 Å². The van der Waals surface area contributed by atoms with E-state index in [0.717, 1.165) is 25.9 Å². The molecule has 0 aliphatic carbocycles. The number of anilines is 2. The fraction of sp³-hybridized carbons (Fsp3) is 0.263. The van der Waals surface area contributed by atoms with Crippen molar-refractivity contribution in [3.63, 3.8) is 0 Å². The van der Waals surface area contributed by atoms with E-state index in [1.54, 1.807) is 42.5 Å². The van der Waals surface area contributed by atoms with Gasteiger partial charge in [-0.1, -0.05) is 29.3 Å². The Bertz CT molecular complexity index is 820. The van der Waals surface area contributed by atoms with Gasteiger partial charge in [0.25, 0.3) is 5.91 Å². The summed E-state index contributed by atoms with van der Waals surface area (Å²) in [6, 6.07) is 12.0. The number of carbonyl (C=O) groups is 2. The van der Waals surface area contributed by atoms with Gasteiger partial charge in [0.2, 0.25) is 5.91 Å². The summed E-state index contributed by atoms with van der Waals surface area (Å²) >= 11 is 12.0. The Morgan fingerprint density at radius 2 is 1.73 bits per heavy atom. The maximum atomic E-state index is 12.7. The summed E-state index contributed by atoms with van der Waals surface area (Å²) in [5.41, 5.74) is 1.69. The normalized spacial score (nSPS) is 13.5. The van der Waals surface area contributed by atoms with Crippen molar-refractivity contribution in [1.82, 2.24) is 4.90 Å². The molecule has 5 nitrogen and oxygen atoms in total. The Morgan fingerprint density at radius 1 is 1.00 bits per heavy atom. The fourth-order valence-electron chi connectivity index (χ4n) is 2.89. The molecule has 0 unspecified atom stereocenters.